The Morgan fingerprint density at radius 3 is 1.39 bits per heavy atom. The van der Waals surface area contributed by atoms with Crippen LogP contribution in [0.1, 0.15) is 78.1 Å². The van der Waals surface area contributed by atoms with Gasteiger partial charge in [-0.2, -0.15) is 0 Å². The number of hydrogen-bond acceptors (Lipinski definition) is 1. The lowest BCUT2D eigenvalue weighted by molar-refractivity contribution is -0.888. The second-order valence-electron chi connectivity index (χ2n) is 6.16. The summed E-state index contributed by atoms with van der Waals surface area (Å²) < 4.78 is 1.19. The van der Waals surface area contributed by atoms with Crippen molar-refractivity contribution < 1.29 is 9.96 Å². The lowest BCUT2D eigenvalue weighted by atomic mass is 10.1. The molecule has 0 aliphatic heterocycles. The van der Waals surface area contributed by atoms with Gasteiger partial charge in [-0.3, -0.25) is 0 Å². The summed E-state index contributed by atoms with van der Waals surface area (Å²) in [5.74, 6) is 0. The first kappa shape index (κ1) is 20.2. The summed E-state index contributed by atoms with van der Waals surface area (Å²) in [7, 11) is 4.68. The molecule has 1 N–H and O–H groups in total. The predicted octanol–water partition coefficient (Wildman–Crippen LogP) is 4.83. The Balaban J connectivity index is 0. The average molecular weight is 259 g/mol. The van der Waals surface area contributed by atoms with Crippen LogP contribution in [0.3, 0.4) is 0 Å². The smallest absolute Gasteiger partial charge is 0.0782 e. The van der Waals surface area contributed by atoms with Gasteiger partial charge < -0.3 is 9.96 Å². The molecule has 0 amide bonds. The molecule has 0 aromatic heterocycles. The van der Waals surface area contributed by atoms with Gasteiger partial charge in [0.2, 0.25) is 0 Å². The van der Waals surface area contributed by atoms with E-state index in [9.17, 15) is 0 Å². The van der Waals surface area contributed by atoms with E-state index in [0.29, 0.717) is 0 Å². The molecule has 0 fully saturated rings. The van der Waals surface area contributed by atoms with Crippen LogP contribution < -0.4 is 0 Å². The number of nitrogens with zero attached hydrogens (tertiary/aromatic N) is 1. The van der Waals surface area contributed by atoms with E-state index in [-0.39, 0.29) is 5.48 Å². The van der Waals surface area contributed by atoms with E-state index in [2.05, 4.69) is 27.9 Å². The van der Waals surface area contributed by atoms with Gasteiger partial charge in [0.05, 0.1) is 27.2 Å². The Morgan fingerprint density at radius 1 is 0.611 bits per heavy atom. The monoisotopic (exact) mass is 259 g/mol. The third-order valence-electron chi connectivity index (χ3n) is 3.97. The second-order valence-corrected chi connectivity index (χ2v) is 6.16. The Labute approximate surface area is 116 Å². The zero-order chi connectivity index (χ0) is 13.0. The van der Waals surface area contributed by atoms with E-state index in [0.717, 1.165) is 0 Å². The van der Waals surface area contributed by atoms with Crippen molar-refractivity contribution in [1.29, 1.82) is 0 Å². The van der Waals surface area contributed by atoms with Crippen LogP contribution in [0.15, 0.2) is 0 Å². The first-order chi connectivity index (χ1) is 8.12. The minimum absolute atomic E-state index is 0. The van der Waals surface area contributed by atoms with Gasteiger partial charge in [0.15, 0.2) is 0 Å². The van der Waals surface area contributed by atoms with E-state index in [4.69, 9.17) is 0 Å². The van der Waals surface area contributed by atoms with E-state index in [1.165, 1.54) is 81.8 Å². The third-order valence-corrected chi connectivity index (χ3v) is 3.97. The molecule has 0 rings (SSSR count). The van der Waals surface area contributed by atoms with Crippen molar-refractivity contribution in [2.45, 2.75) is 78.1 Å². The molecule has 0 unspecified atom stereocenters. The average Bonchev–Trinajstić information content (AvgIpc) is 2.31. The second kappa shape index (κ2) is 13.4. The molecule has 0 aliphatic rings. The van der Waals surface area contributed by atoms with Gasteiger partial charge in [0.1, 0.15) is 0 Å². The molecule has 2 nitrogen and oxygen atoms in total. The molecule has 0 radical (unpaired) electrons. The Bertz CT molecular complexity index is 157. The maximum atomic E-state index is 2.34. The van der Waals surface area contributed by atoms with Crippen LogP contribution in [0.25, 0.3) is 0 Å². The zero-order valence-electron chi connectivity index (χ0n) is 13.4. The molecular formula is C16H37NO. The van der Waals surface area contributed by atoms with Gasteiger partial charge >= 0.3 is 0 Å². The lowest BCUT2D eigenvalue weighted by Crippen LogP contribution is -2.39. The highest BCUT2D eigenvalue weighted by molar-refractivity contribution is 4.47. The van der Waals surface area contributed by atoms with Gasteiger partial charge in [-0.15, -0.1) is 0 Å². The van der Waals surface area contributed by atoms with E-state index in [1.807, 2.05) is 0 Å². The summed E-state index contributed by atoms with van der Waals surface area (Å²) in [5, 5.41) is 0. The quantitative estimate of drug-likeness (QED) is 0.365. The van der Waals surface area contributed by atoms with Crippen LogP contribution in [0.5, 0.6) is 0 Å². The van der Waals surface area contributed by atoms with Gasteiger partial charge in [-0.1, -0.05) is 58.3 Å². The minimum Gasteiger partial charge on any atom is -0.870 e. The van der Waals surface area contributed by atoms with Crippen molar-refractivity contribution >= 4 is 0 Å². The zero-order valence-corrected chi connectivity index (χ0v) is 13.4. The number of hydrogen-bond donors (Lipinski definition) is 0. The molecule has 18 heavy (non-hydrogen) atoms. The minimum atomic E-state index is 0. The third kappa shape index (κ3) is 14.0. The fourth-order valence-corrected chi connectivity index (χ4v) is 2.19. The molecular weight excluding hydrogens is 222 g/mol. The lowest BCUT2D eigenvalue weighted by Gasteiger charge is -2.28. The first-order valence-corrected chi connectivity index (χ1v) is 7.94. The highest BCUT2D eigenvalue weighted by Gasteiger charge is 2.09. The van der Waals surface area contributed by atoms with Crippen LogP contribution in [0, 0.1) is 0 Å². The molecule has 0 heterocycles. The fourth-order valence-electron chi connectivity index (χ4n) is 2.19. The van der Waals surface area contributed by atoms with Gasteiger partial charge in [0.25, 0.3) is 0 Å². The number of rotatable bonds is 12. The summed E-state index contributed by atoms with van der Waals surface area (Å²) in [5.41, 5.74) is 0. The summed E-state index contributed by atoms with van der Waals surface area (Å²) >= 11 is 0. The molecule has 0 spiro atoms. The van der Waals surface area contributed by atoms with Crippen LogP contribution in [0.4, 0.5) is 0 Å². The molecule has 0 saturated heterocycles. The van der Waals surface area contributed by atoms with Crippen LogP contribution in [-0.4, -0.2) is 37.1 Å². The maximum absolute atomic E-state index is 2.34. The molecule has 0 aliphatic carbocycles. The van der Waals surface area contributed by atoms with Crippen molar-refractivity contribution in [1.82, 2.24) is 0 Å². The SMILES string of the molecule is CCCCCCCCCCCC[N+](C)(C)CC.[OH-]. The van der Waals surface area contributed by atoms with Crippen molar-refractivity contribution in [3.8, 4) is 0 Å². The van der Waals surface area contributed by atoms with E-state index >= 15 is 0 Å². The molecule has 0 bridgehead atoms. The number of unbranched alkanes of at least 4 members (excludes halogenated alkanes) is 9. The molecule has 2 heteroatoms. The van der Waals surface area contributed by atoms with Gasteiger partial charge in [-0.25, -0.2) is 0 Å². The van der Waals surface area contributed by atoms with Crippen molar-refractivity contribution in [3.05, 3.63) is 0 Å². The molecule has 0 atom stereocenters. The highest BCUT2D eigenvalue weighted by atomic mass is 16.0. The van der Waals surface area contributed by atoms with E-state index < -0.39 is 0 Å². The van der Waals surface area contributed by atoms with Crippen molar-refractivity contribution in [2.24, 2.45) is 0 Å². The molecule has 0 saturated carbocycles. The fraction of sp³-hybridized carbons (Fsp3) is 1.00. The largest absolute Gasteiger partial charge is 0.870 e. The normalized spacial score (nSPS) is 11.3. The van der Waals surface area contributed by atoms with E-state index in [1.54, 1.807) is 0 Å². The topological polar surface area (TPSA) is 30.0 Å². The Morgan fingerprint density at radius 2 is 1.00 bits per heavy atom. The highest BCUT2D eigenvalue weighted by Crippen LogP contribution is 2.11. The Hall–Kier alpha value is -0.0800. The summed E-state index contributed by atoms with van der Waals surface area (Å²) in [6, 6.07) is 0. The van der Waals surface area contributed by atoms with Crippen molar-refractivity contribution in [2.75, 3.05) is 27.2 Å². The van der Waals surface area contributed by atoms with Gasteiger partial charge in [0, 0.05) is 0 Å². The summed E-state index contributed by atoms with van der Waals surface area (Å²) in [6.07, 6.45) is 14.4. The summed E-state index contributed by atoms with van der Waals surface area (Å²) in [6.45, 7) is 7.19. The van der Waals surface area contributed by atoms with Crippen LogP contribution >= 0.6 is 0 Å². The Kier molecular flexibility index (Phi) is 15.0. The molecule has 112 valence electrons. The van der Waals surface area contributed by atoms with Crippen LogP contribution in [0.2, 0.25) is 0 Å². The molecule has 0 aromatic carbocycles. The van der Waals surface area contributed by atoms with Crippen molar-refractivity contribution in [3.63, 3.8) is 0 Å². The number of quaternary nitrogens is 1. The first-order valence-electron chi connectivity index (χ1n) is 7.94. The molecule has 0 aromatic rings. The predicted molar refractivity (Wildman–Crippen MR) is 81.3 cm³/mol. The van der Waals surface area contributed by atoms with Crippen LogP contribution in [-0.2, 0) is 0 Å². The maximum Gasteiger partial charge on any atom is 0.0782 e. The standard InChI is InChI=1S/C16H36N.H2O/c1-5-7-8-9-10-11-12-13-14-15-16-17(3,4)6-2;/h5-16H2,1-4H3;1H2/q+1;/p-1. The summed E-state index contributed by atoms with van der Waals surface area (Å²) in [4.78, 5) is 0. The van der Waals surface area contributed by atoms with Gasteiger partial charge in [-0.05, 0) is 19.8 Å².